The monoisotopic (exact) mass is 186 g/mol. The van der Waals surface area contributed by atoms with Crippen molar-refractivity contribution in [2.45, 2.75) is 57.7 Å². The van der Waals surface area contributed by atoms with E-state index in [-0.39, 0.29) is 15.6 Å². The largest absolute Gasteiger partial charge is 0.503 e. The summed E-state index contributed by atoms with van der Waals surface area (Å²) in [7, 11) is 0. The molecule has 0 saturated heterocycles. The molecule has 0 unspecified atom stereocenters. The van der Waals surface area contributed by atoms with Gasteiger partial charge in [-0.25, -0.2) is 0 Å². The highest BCUT2D eigenvalue weighted by atomic mass is 27.1. The normalized spacial score (nSPS) is 10.2. The molecular weight excluding hydrogens is 163 g/mol. The highest BCUT2D eigenvalue weighted by Gasteiger charge is 1.94. The average Bonchev–Trinajstić information content (AvgIpc) is 2.10. The highest BCUT2D eigenvalue weighted by molar-refractivity contribution is 6.26. The quantitative estimate of drug-likeness (QED) is 0.397. The van der Waals surface area contributed by atoms with E-state index in [0.29, 0.717) is 0 Å². The predicted molar refractivity (Wildman–Crippen MR) is 57.0 cm³/mol. The van der Waals surface area contributed by atoms with Crippen molar-refractivity contribution in [3.8, 4) is 0 Å². The molecule has 0 amide bonds. The second-order valence-corrected chi connectivity index (χ2v) is 4.84. The molecule has 0 N–H and O–H groups in total. The molecule has 12 heavy (non-hydrogen) atoms. The van der Waals surface area contributed by atoms with Crippen LogP contribution in [-0.4, -0.2) is 22.2 Å². The third kappa shape index (κ3) is 10.5. The average molecular weight is 186 g/mol. The van der Waals surface area contributed by atoms with Gasteiger partial charge in [0.1, 0.15) is 0 Å². The fraction of sp³-hybridized carbons (Fsp3) is 1.00. The molecule has 72 valence electrons. The summed E-state index contributed by atoms with van der Waals surface area (Å²) in [5.74, 6) is 0. The summed E-state index contributed by atoms with van der Waals surface area (Å²) in [6.07, 6.45) is 8.49. The molecular formula is C10H23AlO. The summed E-state index contributed by atoms with van der Waals surface area (Å²) >= 11 is -0.128. The van der Waals surface area contributed by atoms with E-state index in [0.717, 1.165) is 6.61 Å². The van der Waals surface area contributed by atoms with Gasteiger partial charge in [-0.2, -0.15) is 0 Å². The second kappa shape index (κ2) is 11.5. The molecule has 0 aromatic rings. The van der Waals surface area contributed by atoms with E-state index in [1.165, 1.54) is 43.8 Å². The first-order valence-electron chi connectivity index (χ1n) is 5.49. The van der Waals surface area contributed by atoms with Crippen LogP contribution in [0.25, 0.3) is 0 Å². The van der Waals surface area contributed by atoms with Crippen LogP contribution < -0.4 is 0 Å². The fourth-order valence-corrected chi connectivity index (χ4v) is 2.36. The summed E-state index contributed by atoms with van der Waals surface area (Å²) in [6, 6.07) is 0. The Morgan fingerprint density at radius 3 is 2.25 bits per heavy atom. The van der Waals surface area contributed by atoms with Crippen molar-refractivity contribution in [3.05, 3.63) is 0 Å². The van der Waals surface area contributed by atoms with Crippen LogP contribution in [0.15, 0.2) is 0 Å². The second-order valence-electron chi connectivity index (χ2n) is 3.32. The van der Waals surface area contributed by atoms with Crippen molar-refractivity contribution in [1.82, 2.24) is 0 Å². The van der Waals surface area contributed by atoms with Gasteiger partial charge in [0.25, 0.3) is 0 Å². The minimum absolute atomic E-state index is 0.128. The Morgan fingerprint density at radius 2 is 1.58 bits per heavy atom. The lowest BCUT2D eigenvalue weighted by Gasteiger charge is -1.99. The third-order valence-electron chi connectivity index (χ3n) is 2.10. The third-order valence-corrected chi connectivity index (χ3v) is 3.58. The Morgan fingerprint density at radius 1 is 0.917 bits per heavy atom. The number of rotatable bonds is 9. The van der Waals surface area contributed by atoms with Crippen molar-refractivity contribution in [2.24, 2.45) is 0 Å². The van der Waals surface area contributed by atoms with E-state index in [1.54, 1.807) is 0 Å². The van der Waals surface area contributed by atoms with Crippen LogP contribution in [0.2, 0.25) is 5.28 Å². The Labute approximate surface area is 83.9 Å². The number of hydrogen-bond donors (Lipinski definition) is 0. The van der Waals surface area contributed by atoms with Crippen LogP contribution in [0, 0.1) is 0 Å². The molecule has 0 rings (SSSR count). The van der Waals surface area contributed by atoms with Gasteiger partial charge >= 0.3 is 15.6 Å². The first kappa shape index (κ1) is 12.5. The summed E-state index contributed by atoms with van der Waals surface area (Å²) in [5.41, 5.74) is 0. The molecule has 0 aliphatic carbocycles. The first-order chi connectivity index (χ1) is 5.91. The molecule has 0 fully saturated rings. The van der Waals surface area contributed by atoms with Gasteiger partial charge in [-0.3, -0.25) is 0 Å². The Bertz CT molecular complexity index is 66.2. The molecule has 1 nitrogen and oxygen atoms in total. The topological polar surface area (TPSA) is 9.23 Å². The van der Waals surface area contributed by atoms with Gasteiger partial charge in [0.2, 0.25) is 0 Å². The van der Waals surface area contributed by atoms with Crippen molar-refractivity contribution in [1.29, 1.82) is 0 Å². The number of unbranched alkanes of at least 4 members (excludes halogenated alkanes) is 5. The lowest BCUT2D eigenvalue weighted by Crippen LogP contribution is -1.96. The van der Waals surface area contributed by atoms with E-state index in [9.17, 15) is 0 Å². The molecule has 0 atom stereocenters. The zero-order chi connectivity index (χ0) is 9.07. The van der Waals surface area contributed by atoms with Crippen LogP contribution in [0.5, 0.6) is 0 Å². The molecule has 0 aromatic carbocycles. The summed E-state index contributed by atoms with van der Waals surface area (Å²) in [6.45, 7) is 5.29. The molecule has 0 aromatic heterocycles. The summed E-state index contributed by atoms with van der Waals surface area (Å²) < 4.78 is 5.40. The molecule has 0 heterocycles. The Kier molecular flexibility index (Phi) is 12.0. The fourth-order valence-electron chi connectivity index (χ4n) is 1.31. The van der Waals surface area contributed by atoms with Crippen molar-refractivity contribution in [2.75, 3.05) is 6.61 Å². The zero-order valence-corrected chi connectivity index (χ0v) is 10.2. The summed E-state index contributed by atoms with van der Waals surface area (Å²) in [4.78, 5) is 0. The first-order valence-corrected chi connectivity index (χ1v) is 7.07. The maximum absolute atomic E-state index is 5.40. The SMILES string of the molecule is CCCCCCC[CH2][AlH][O]CC. The lowest BCUT2D eigenvalue weighted by atomic mass is 10.1. The van der Waals surface area contributed by atoms with Gasteiger partial charge in [0, 0.05) is 6.61 Å². The Hall–Kier alpha value is 0.492. The van der Waals surface area contributed by atoms with Gasteiger partial charge < -0.3 is 3.79 Å². The maximum atomic E-state index is 5.40. The molecule has 0 aliphatic rings. The van der Waals surface area contributed by atoms with Crippen molar-refractivity contribution >= 4 is 15.6 Å². The van der Waals surface area contributed by atoms with Crippen molar-refractivity contribution in [3.63, 3.8) is 0 Å². The Balaban J connectivity index is 2.73. The van der Waals surface area contributed by atoms with Gasteiger partial charge in [-0.1, -0.05) is 50.7 Å². The van der Waals surface area contributed by atoms with E-state index >= 15 is 0 Å². The van der Waals surface area contributed by atoms with E-state index in [4.69, 9.17) is 3.79 Å². The summed E-state index contributed by atoms with van der Waals surface area (Å²) in [5, 5.41) is 1.39. The molecule has 0 saturated carbocycles. The van der Waals surface area contributed by atoms with Gasteiger partial charge in [-0.15, -0.1) is 0 Å². The smallest absolute Gasteiger partial charge is 0.435 e. The highest BCUT2D eigenvalue weighted by Crippen LogP contribution is 2.06. The van der Waals surface area contributed by atoms with Crippen LogP contribution >= 0.6 is 0 Å². The zero-order valence-electron chi connectivity index (χ0n) is 8.77. The van der Waals surface area contributed by atoms with Gasteiger partial charge in [-0.05, 0) is 6.92 Å². The maximum Gasteiger partial charge on any atom is 0.435 e. The van der Waals surface area contributed by atoms with Crippen LogP contribution in [0.4, 0.5) is 0 Å². The van der Waals surface area contributed by atoms with Gasteiger partial charge in [0.05, 0.1) is 0 Å². The molecule has 0 aliphatic heterocycles. The van der Waals surface area contributed by atoms with E-state index in [2.05, 4.69) is 13.8 Å². The van der Waals surface area contributed by atoms with Crippen molar-refractivity contribution < 1.29 is 3.79 Å². The lowest BCUT2D eigenvalue weighted by molar-refractivity contribution is 0.358. The van der Waals surface area contributed by atoms with Crippen LogP contribution in [0.3, 0.4) is 0 Å². The molecule has 2 heteroatoms. The molecule has 0 bridgehead atoms. The number of hydrogen-bond acceptors (Lipinski definition) is 1. The predicted octanol–water partition coefficient (Wildman–Crippen LogP) is 3.15. The van der Waals surface area contributed by atoms with Gasteiger partial charge in [0.15, 0.2) is 0 Å². The standard InChI is InChI=1S/C8H17.C2H5O.Al.H/c1-3-5-7-8-6-4-2;1-2-3;;/h1,3-8H2,2H3;2H2,1H3;;/q;-1;+1;. The van der Waals surface area contributed by atoms with Crippen LogP contribution in [-0.2, 0) is 3.79 Å². The van der Waals surface area contributed by atoms with E-state index in [1.807, 2.05) is 0 Å². The van der Waals surface area contributed by atoms with E-state index < -0.39 is 0 Å². The van der Waals surface area contributed by atoms with Crippen LogP contribution in [0.1, 0.15) is 52.4 Å². The molecule has 0 radical (unpaired) electrons. The minimum Gasteiger partial charge on any atom is -0.503 e. The minimum atomic E-state index is -0.128. The molecule has 0 spiro atoms.